The monoisotopic (exact) mass is 407 g/mol. The zero-order valence-corrected chi connectivity index (χ0v) is 15.9. The van der Waals surface area contributed by atoms with Crippen molar-refractivity contribution in [3.8, 4) is 0 Å². The molecule has 2 aromatic rings. The second-order valence-corrected chi connectivity index (χ2v) is 7.31. The van der Waals surface area contributed by atoms with E-state index in [1.54, 1.807) is 11.8 Å². The van der Waals surface area contributed by atoms with Crippen molar-refractivity contribution in [3.05, 3.63) is 46.5 Å². The van der Waals surface area contributed by atoms with Gasteiger partial charge >= 0.3 is 6.18 Å². The molecule has 1 aliphatic carbocycles. The first kappa shape index (κ1) is 19.5. The van der Waals surface area contributed by atoms with Crippen molar-refractivity contribution in [2.24, 2.45) is 0 Å². The van der Waals surface area contributed by atoms with Crippen LogP contribution in [0.5, 0.6) is 0 Å². The van der Waals surface area contributed by atoms with Crippen LogP contribution in [0.3, 0.4) is 0 Å². The molecule has 0 atom stereocenters. The number of aromatic nitrogens is 1. The summed E-state index contributed by atoms with van der Waals surface area (Å²) < 4.78 is 43.8. The Kier molecular flexibility index (Phi) is 4.84. The molecule has 3 heterocycles. The Bertz CT molecular complexity index is 942. The number of hydrogen-bond acceptors (Lipinski definition) is 5. The van der Waals surface area contributed by atoms with Gasteiger partial charge < -0.3 is 14.2 Å². The lowest BCUT2D eigenvalue weighted by Crippen LogP contribution is -2.49. The van der Waals surface area contributed by atoms with Crippen LogP contribution in [0.25, 0.3) is 0 Å². The van der Waals surface area contributed by atoms with Crippen molar-refractivity contribution in [1.82, 2.24) is 9.88 Å². The van der Waals surface area contributed by atoms with E-state index in [1.807, 2.05) is 4.90 Å². The van der Waals surface area contributed by atoms with E-state index in [4.69, 9.17) is 4.42 Å². The molecular formula is C20H20F3N3O3. The Hall–Kier alpha value is -2.84. The molecule has 154 valence electrons. The van der Waals surface area contributed by atoms with E-state index < -0.39 is 11.7 Å². The molecule has 1 aliphatic heterocycles. The van der Waals surface area contributed by atoms with Crippen molar-refractivity contribution in [1.29, 1.82) is 0 Å². The highest BCUT2D eigenvalue weighted by Crippen LogP contribution is 2.31. The number of aryl methyl sites for hydroxylation is 1. The van der Waals surface area contributed by atoms with Gasteiger partial charge in [0.1, 0.15) is 11.6 Å². The second kappa shape index (κ2) is 7.20. The van der Waals surface area contributed by atoms with Gasteiger partial charge in [0.15, 0.2) is 11.5 Å². The number of fused-ring (bicyclic) bond motifs is 1. The molecule has 0 aromatic carbocycles. The number of rotatable bonds is 2. The summed E-state index contributed by atoms with van der Waals surface area (Å²) in [6, 6.07) is 2.35. The number of amides is 1. The molecule has 1 saturated heterocycles. The average molecular weight is 407 g/mol. The largest absolute Gasteiger partial charge is 0.455 e. The summed E-state index contributed by atoms with van der Waals surface area (Å²) in [5.74, 6) is 1.01. The van der Waals surface area contributed by atoms with Gasteiger partial charge in [-0.05, 0) is 25.5 Å². The predicted molar refractivity (Wildman–Crippen MR) is 98.1 cm³/mol. The zero-order chi connectivity index (χ0) is 20.8. The van der Waals surface area contributed by atoms with Gasteiger partial charge in [0.2, 0.25) is 0 Å². The van der Waals surface area contributed by atoms with Crippen molar-refractivity contribution < 1.29 is 27.2 Å². The van der Waals surface area contributed by atoms with E-state index >= 15 is 0 Å². The number of piperazine rings is 1. The highest BCUT2D eigenvalue weighted by Gasteiger charge is 2.33. The third-order valence-corrected chi connectivity index (χ3v) is 5.47. The minimum atomic E-state index is -4.42. The van der Waals surface area contributed by atoms with E-state index in [2.05, 4.69) is 4.98 Å². The Balaban J connectivity index is 1.44. The standard InChI is InChI=1S/C20H20F3N3O3/c1-12-17-14(27)3-2-4-15(17)29-18(12)19(28)26-9-7-25(8-10-26)16-6-5-13(11-24-16)20(21,22)23/h5-6,11H,2-4,7-10H2,1H3. The van der Waals surface area contributed by atoms with Gasteiger partial charge in [0, 0.05) is 50.8 Å². The number of carbonyl (C=O) groups excluding carboxylic acids is 2. The maximum atomic E-state index is 12.9. The van der Waals surface area contributed by atoms with Crippen LogP contribution in [0.2, 0.25) is 0 Å². The number of alkyl halides is 3. The van der Waals surface area contributed by atoms with Gasteiger partial charge in [0.05, 0.1) is 11.1 Å². The van der Waals surface area contributed by atoms with Crippen LogP contribution in [-0.2, 0) is 12.6 Å². The van der Waals surface area contributed by atoms with Crippen LogP contribution in [0, 0.1) is 6.92 Å². The lowest BCUT2D eigenvalue weighted by atomic mass is 9.94. The number of pyridine rings is 1. The Morgan fingerprint density at radius 3 is 2.45 bits per heavy atom. The van der Waals surface area contributed by atoms with E-state index in [1.165, 1.54) is 6.07 Å². The number of halogens is 3. The minimum Gasteiger partial charge on any atom is -0.455 e. The zero-order valence-electron chi connectivity index (χ0n) is 15.9. The summed E-state index contributed by atoms with van der Waals surface area (Å²) in [4.78, 5) is 32.4. The number of ketones is 1. The topological polar surface area (TPSA) is 66.7 Å². The molecule has 0 saturated carbocycles. The van der Waals surface area contributed by atoms with E-state index in [0.29, 0.717) is 61.7 Å². The van der Waals surface area contributed by atoms with Gasteiger partial charge in [-0.25, -0.2) is 4.98 Å². The van der Waals surface area contributed by atoms with Crippen molar-refractivity contribution in [2.75, 3.05) is 31.1 Å². The molecule has 1 fully saturated rings. The number of hydrogen-bond donors (Lipinski definition) is 0. The number of anilines is 1. The molecule has 0 spiro atoms. The predicted octanol–water partition coefficient (Wildman–Crippen LogP) is 3.48. The van der Waals surface area contributed by atoms with Crippen LogP contribution in [0.4, 0.5) is 19.0 Å². The van der Waals surface area contributed by atoms with E-state index in [9.17, 15) is 22.8 Å². The Morgan fingerprint density at radius 2 is 1.86 bits per heavy atom. The van der Waals surface area contributed by atoms with Crippen LogP contribution in [0.1, 0.15) is 50.6 Å². The third kappa shape index (κ3) is 3.61. The molecule has 9 heteroatoms. The van der Waals surface area contributed by atoms with E-state index in [-0.39, 0.29) is 17.5 Å². The van der Waals surface area contributed by atoms with Crippen molar-refractivity contribution >= 4 is 17.5 Å². The molecule has 2 aromatic heterocycles. The number of nitrogens with zero attached hydrogens (tertiary/aromatic N) is 3. The fourth-order valence-electron chi connectivity index (χ4n) is 3.88. The first-order valence-corrected chi connectivity index (χ1v) is 9.48. The summed E-state index contributed by atoms with van der Waals surface area (Å²) in [5, 5.41) is 0. The van der Waals surface area contributed by atoms with Crippen LogP contribution in [-0.4, -0.2) is 47.8 Å². The van der Waals surface area contributed by atoms with Crippen LogP contribution < -0.4 is 4.90 Å². The summed E-state index contributed by atoms with van der Waals surface area (Å²) in [5.41, 5.74) is 0.357. The smallest absolute Gasteiger partial charge is 0.417 e. The number of furan rings is 1. The fraction of sp³-hybridized carbons (Fsp3) is 0.450. The van der Waals surface area contributed by atoms with Crippen LogP contribution in [0.15, 0.2) is 22.7 Å². The lowest BCUT2D eigenvalue weighted by molar-refractivity contribution is -0.137. The molecule has 6 nitrogen and oxygen atoms in total. The maximum absolute atomic E-state index is 12.9. The SMILES string of the molecule is Cc1c(C(=O)N2CCN(c3ccc(C(F)(F)F)cn3)CC2)oc2c1C(=O)CCC2. The molecule has 1 amide bonds. The van der Waals surface area contributed by atoms with Gasteiger partial charge in [-0.3, -0.25) is 9.59 Å². The summed E-state index contributed by atoms with van der Waals surface area (Å²) in [6.45, 7) is 3.41. The average Bonchev–Trinajstić information content (AvgIpc) is 3.05. The van der Waals surface area contributed by atoms with Gasteiger partial charge in [-0.2, -0.15) is 13.2 Å². The fourth-order valence-corrected chi connectivity index (χ4v) is 3.88. The molecule has 2 aliphatic rings. The summed E-state index contributed by atoms with van der Waals surface area (Å²) >= 11 is 0. The highest BCUT2D eigenvalue weighted by molar-refractivity contribution is 6.03. The molecule has 29 heavy (non-hydrogen) atoms. The first-order valence-electron chi connectivity index (χ1n) is 9.48. The van der Waals surface area contributed by atoms with Gasteiger partial charge in [0.25, 0.3) is 5.91 Å². The first-order chi connectivity index (χ1) is 13.8. The van der Waals surface area contributed by atoms with Crippen LogP contribution >= 0.6 is 0 Å². The number of carbonyl (C=O) groups is 2. The third-order valence-electron chi connectivity index (χ3n) is 5.47. The van der Waals surface area contributed by atoms with Crippen molar-refractivity contribution in [3.63, 3.8) is 0 Å². The Labute approximate surface area is 165 Å². The number of Topliss-reactive ketones (excluding diaryl/α,β-unsaturated/α-hetero) is 1. The molecule has 0 unspecified atom stereocenters. The lowest BCUT2D eigenvalue weighted by Gasteiger charge is -2.35. The van der Waals surface area contributed by atoms with Gasteiger partial charge in [-0.1, -0.05) is 0 Å². The normalized spacial score (nSPS) is 17.4. The minimum absolute atomic E-state index is 0.0183. The quantitative estimate of drug-likeness (QED) is 0.763. The highest BCUT2D eigenvalue weighted by atomic mass is 19.4. The molecule has 0 radical (unpaired) electrons. The summed E-state index contributed by atoms with van der Waals surface area (Å²) in [7, 11) is 0. The molecule has 0 N–H and O–H groups in total. The molecule has 4 rings (SSSR count). The maximum Gasteiger partial charge on any atom is 0.417 e. The second-order valence-electron chi connectivity index (χ2n) is 7.31. The molecule has 0 bridgehead atoms. The van der Waals surface area contributed by atoms with E-state index in [0.717, 1.165) is 18.7 Å². The molecular weight excluding hydrogens is 387 g/mol. The summed E-state index contributed by atoms with van der Waals surface area (Å²) in [6.07, 6.45) is -1.74. The van der Waals surface area contributed by atoms with Gasteiger partial charge in [-0.15, -0.1) is 0 Å². The Morgan fingerprint density at radius 1 is 1.14 bits per heavy atom. The van der Waals surface area contributed by atoms with Crippen molar-refractivity contribution in [2.45, 2.75) is 32.4 Å².